The predicted molar refractivity (Wildman–Crippen MR) is 133 cm³/mol. The van der Waals surface area contributed by atoms with Crippen molar-refractivity contribution in [2.75, 3.05) is 6.61 Å². The van der Waals surface area contributed by atoms with Crippen LogP contribution >= 0.6 is 0 Å². The summed E-state index contributed by atoms with van der Waals surface area (Å²) >= 11 is 0. The maximum atomic E-state index is 13.1. The summed E-state index contributed by atoms with van der Waals surface area (Å²) in [6.07, 6.45) is 1.54. The number of carbonyl (C=O) groups is 3. The van der Waals surface area contributed by atoms with Gasteiger partial charge < -0.3 is 20.5 Å². The van der Waals surface area contributed by atoms with Crippen molar-refractivity contribution in [1.82, 2.24) is 10.6 Å². The van der Waals surface area contributed by atoms with Gasteiger partial charge in [-0.15, -0.1) is 0 Å². The Morgan fingerprint density at radius 1 is 1.00 bits per heavy atom. The molecule has 0 bridgehead atoms. The number of amides is 2. The predicted octanol–water partition coefficient (Wildman–Crippen LogP) is 4.70. The van der Waals surface area contributed by atoms with Gasteiger partial charge in [-0.3, -0.25) is 4.79 Å². The Labute approximate surface area is 206 Å². The summed E-state index contributed by atoms with van der Waals surface area (Å²) in [5.74, 6) is -1.42. The quantitative estimate of drug-likeness (QED) is 0.535. The Bertz CT molecular complexity index is 1060. The molecule has 3 N–H and O–H groups in total. The lowest BCUT2D eigenvalue weighted by molar-refractivity contribution is -0.150. The average molecular weight is 479 g/mol. The van der Waals surface area contributed by atoms with Gasteiger partial charge >= 0.3 is 12.1 Å². The lowest BCUT2D eigenvalue weighted by Crippen LogP contribution is -2.61. The maximum absolute atomic E-state index is 13.1. The van der Waals surface area contributed by atoms with Gasteiger partial charge in [-0.2, -0.15) is 0 Å². The first kappa shape index (κ1) is 24.8. The number of carboxylic acids is 1. The van der Waals surface area contributed by atoms with Crippen molar-refractivity contribution >= 4 is 18.0 Å². The van der Waals surface area contributed by atoms with Crippen LogP contribution in [0.15, 0.2) is 48.5 Å². The van der Waals surface area contributed by atoms with Crippen LogP contribution in [-0.4, -0.2) is 41.3 Å². The average Bonchev–Trinajstić information content (AvgIpc) is 3.16. The Balaban J connectivity index is 1.42. The van der Waals surface area contributed by atoms with Gasteiger partial charge in [-0.05, 0) is 59.8 Å². The molecule has 0 heterocycles. The molecular formula is C28H34N2O5. The molecule has 35 heavy (non-hydrogen) atoms. The second-order valence-corrected chi connectivity index (χ2v) is 10.3. The zero-order valence-corrected chi connectivity index (χ0v) is 20.5. The first-order valence-corrected chi connectivity index (χ1v) is 12.4. The molecule has 1 fully saturated rings. The van der Waals surface area contributed by atoms with Crippen molar-refractivity contribution in [3.05, 3.63) is 59.7 Å². The molecule has 2 amide bonds. The number of nitrogens with one attached hydrogen (secondary N) is 2. The zero-order chi connectivity index (χ0) is 25.2. The second kappa shape index (κ2) is 10.1. The highest BCUT2D eigenvalue weighted by Crippen LogP contribution is 2.44. The molecule has 0 aliphatic heterocycles. The van der Waals surface area contributed by atoms with E-state index in [0.717, 1.165) is 35.1 Å². The molecule has 0 radical (unpaired) electrons. The monoisotopic (exact) mass is 478 g/mol. The number of fused-ring (bicyclic) bond motifs is 3. The van der Waals surface area contributed by atoms with Crippen molar-refractivity contribution < 1.29 is 24.2 Å². The van der Waals surface area contributed by atoms with E-state index in [4.69, 9.17) is 4.74 Å². The Hall–Kier alpha value is -3.35. The smallest absolute Gasteiger partial charge is 0.407 e. The minimum Gasteiger partial charge on any atom is -0.480 e. The van der Waals surface area contributed by atoms with E-state index in [1.54, 1.807) is 0 Å². The Kier molecular flexibility index (Phi) is 7.15. The summed E-state index contributed by atoms with van der Waals surface area (Å²) in [5, 5.41) is 15.3. The standard InChI is InChI=1S/C28H34N2O5/c1-17(2)24(25(31)30-28(26(32)33)14-12-18(3)13-15-28)29-27(34)35-16-23-21-10-6-4-8-19(21)20-9-5-7-11-22(20)23/h4-11,17-18,23-24H,12-16H2,1-3H3,(H,29,34)(H,30,31)(H,32,33)/t18?,24-,28?/m0/s1. The highest BCUT2D eigenvalue weighted by Gasteiger charge is 2.44. The van der Waals surface area contributed by atoms with Gasteiger partial charge in [0.1, 0.15) is 18.2 Å². The fourth-order valence-electron chi connectivity index (χ4n) is 5.26. The van der Waals surface area contributed by atoms with E-state index in [1.165, 1.54) is 0 Å². The number of ether oxygens (including phenoxy) is 1. The van der Waals surface area contributed by atoms with E-state index in [9.17, 15) is 19.5 Å². The zero-order valence-electron chi connectivity index (χ0n) is 20.5. The van der Waals surface area contributed by atoms with Crippen LogP contribution in [0.2, 0.25) is 0 Å². The first-order chi connectivity index (χ1) is 16.7. The molecule has 1 saturated carbocycles. The molecule has 0 saturated heterocycles. The number of alkyl carbamates (subject to hydrolysis) is 1. The largest absolute Gasteiger partial charge is 0.480 e. The summed E-state index contributed by atoms with van der Waals surface area (Å²) in [6, 6.07) is 15.3. The van der Waals surface area contributed by atoms with Crippen LogP contribution in [0.4, 0.5) is 4.79 Å². The number of rotatable bonds is 7. The number of hydrogen-bond acceptors (Lipinski definition) is 4. The van der Waals surface area contributed by atoms with E-state index in [1.807, 2.05) is 50.2 Å². The van der Waals surface area contributed by atoms with E-state index >= 15 is 0 Å². The van der Waals surface area contributed by atoms with Crippen molar-refractivity contribution in [2.45, 2.75) is 64.0 Å². The van der Waals surface area contributed by atoms with Crippen LogP contribution in [0.5, 0.6) is 0 Å². The van der Waals surface area contributed by atoms with Crippen LogP contribution in [0.3, 0.4) is 0 Å². The van der Waals surface area contributed by atoms with E-state index in [0.29, 0.717) is 18.8 Å². The number of benzene rings is 2. The molecule has 7 nitrogen and oxygen atoms in total. The Morgan fingerprint density at radius 2 is 1.54 bits per heavy atom. The fraction of sp³-hybridized carbons (Fsp3) is 0.464. The molecule has 7 heteroatoms. The molecular weight excluding hydrogens is 444 g/mol. The molecule has 2 aliphatic rings. The molecule has 186 valence electrons. The maximum Gasteiger partial charge on any atom is 0.407 e. The van der Waals surface area contributed by atoms with Gasteiger partial charge in [0.15, 0.2) is 0 Å². The molecule has 0 aromatic heterocycles. The number of aliphatic carboxylic acids is 1. The van der Waals surface area contributed by atoms with Gasteiger partial charge in [0.2, 0.25) is 5.91 Å². The first-order valence-electron chi connectivity index (χ1n) is 12.4. The van der Waals surface area contributed by atoms with Crippen LogP contribution in [-0.2, 0) is 14.3 Å². The number of hydrogen-bond donors (Lipinski definition) is 3. The van der Waals surface area contributed by atoms with Gasteiger partial charge in [0.25, 0.3) is 0 Å². The van der Waals surface area contributed by atoms with Gasteiger partial charge in [-0.1, -0.05) is 69.3 Å². The van der Waals surface area contributed by atoms with Crippen molar-refractivity contribution in [2.24, 2.45) is 11.8 Å². The molecule has 2 aromatic rings. The molecule has 0 unspecified atom stereocenters. The van der Waals surface area contributed by atoms with E-state index in [-0.39, 0.29) is 18.4 Å². The van der Waals surface area contributed by atoms with Gasteiger partial charge in [0.05, 0.1) is 0 Å². The number of carboxylic acid groups (broad SMARTS) is 1. The molecule has 2 aromatic carbocycles. The van der Waals surface area contributed by atoms with Gasteiger partial charge in [-0.25, -0.2) is 9.59 Å². The lowest BCUT2D eigenvalue weighted by atomic mass is 9.77. The topological polar surface area (TPSA) is 105 Å². The molecule has 0 spiro atoms. The lowest BCUT2D eigenvalue weighted by Gasteiger charge is -2.37. The summed E-state index contributed by atoms with van der Waals surface area (Å²) in [4.78, 5) is 37.9. The molecule has 2 aliphatic carbocycles. The van der Waals surface area contributed by atoms with Crippen LogP contribution in [0.25, 0.3) is 11.1 Å². The summed E-state index contributed by atoms with van der Waals surface area (Å²) in [6.45, 7) is 5.85. The summed E-state index contributed by atoms with van der Waals surface area (Å²) in [5.41, 5.74) is 3.19. The van der Waals surface area contributed by atoms with Crippen molar-refractivity contribution in [3.8, 4) is 11.1 Å². The fourth-order valence-corrected chi connectivity index (χ4v) is 5.26. The van der Waals surface area contributed by atoms with E-state index in [2.05, 4.69) is 29.7 Å². The number of carbonyl (C=O) groups excluding carboxylic acids is 2. The molecule has 1 atom stereocenters. The van der Waals surface area contributed by atoms with Crippen LogP contribution in [0.1, 0.15) is 63.5 Å². The third kappa shape index (κ3) is 5.04. The van der Waals surface area contributed by atoms with Crippen molar-refractivity contribution in [3.63, 3.8) is 0 Å². The highest BCUT2D eigenvalue weighted by molar-refractivity contribution is 5.91. The summed E-state index contributed by atoms with van der Waals surface area (Å²) < 4.78 is 5.60. The minimum absolute atomic E-state index is 0.0843. The van der Waals surface area contributed by atoms with Crippen LogP contribution < -0.4 is 10.6 Å². The van der Waals surface area contributed by atoms with Crippen molar-refractivity contribution in [1.29, 1.82) is 0 Å². The second-order valence-electron chi connectivity index (χ2n) is 10.3. The Morgan fingerprint density at radius 3 is 2.06 bits per heavy atom. The highest BCUT2D eigenvalue weighted by atomic mass is 16.5. The van der Waals surface area contributed by atoms with E-state index < -0.39 is 29.6 Å². The van der Waals surface area contributed by atoms with Gasteiger partial charge in [0, 0.05) is 5.92 Å². The SMILES string of the molecule is CC1CCC(NC(=O)[C@@H](NC(=O)OCC2c3ccccc3-c3ccccc32)C(C)C)(C(=O)O)CC1. The summed E-state index contributed by atoms with van der Waals surface area (Å²) in [7, 11) is 0. The third-order valence-corrected chi connectivity index (χ3v) is 7.47. The normalized spacial score (nSPS) is 22.1. The third-order valence-electron chi connectivity index (χ3n) is 7.47. The molecule has 4 rings (SSSR count). The van der Waals surface area contributed by atoms with Crippen LogP contribution in [0, 0.1) is 11.8 Å². The minimum atomic E-state index is -1.29.